The van der Waals surface area contributed by atoms with Crippen molar-refractivity contribution in [2.75, 3.05) is 0 Å². The maximum atomic E-state index is 12.9. The van der Waals surface area contributed by atoms with E-state index < -0.39 is 15.7 Å². The lowest BCUT2D eigenvalue weighted by Crippen LogP contribution is -2.25. The van der Waals surface area contributed by atoms with E-state index in [0.29, 0.717) is 6.54 Å². The first kappa shape index (κ1) is 17.2. The number of sulfone groups is 1. The van der Waals surface area contributed by atoms with Gasteiger partial charge in [0.15, 0.2) is 5.78 Å². The van der Waals surface area contributed by atoms with Crippen molar-refractivity contribution in [2.24, 2.45) is 0 Å². The van der Waals surface area contributed by atoms with Crippen molar-refractivity contribution in [1.29, 1.82) is 0 Å². The molecule has 0 atom stereocenters. The summed E-state index contributed by atoms with van der Waals surface area (Å²) in [6.45, 7) is 0.325. The number of rotatable bonds is 3. The van der Waals surface area contributed by atoms with E-state index >= 15 is 0 Å². The average molecular weight is 377 g/mol. The smallest absolute Gasteiger partial charge is 0.251 e. The van der Waals surface area contributed by atoms with Crippen molar-refractivity contribution in [2.45, 2.75) is 16.3 Å². The molecule has 0 saturated heterocycles. The fourth-order valence-corrected chi connectivity index (χ4v) is 4.78. The van der Waals surface area contributed by atoms with Crippen LogP contribution in [0.3, 0.4) is 0 Å². The minimum Gasteiger partial charge on any atom is -0.348 e. The molecular formula is C21H15NO4S. The van der Waals surface area contributed by atoms with Crippen molar-refractivity contribution in [1.82, 2.24) is 5.32 Å². The summed E-state index contributed by atoms with van der Waals surface area (Å²) in [7, 11) is -3.86. The van der Waals surface area contributed by atoms with Crippen molar-refractivity contribution in [3.05, 3.63) is 95.1 Å². The number of nitrogens with one attached hydrogen (secondary N) is 1. The molecule has 0 aromatic heterocycles. The van der Waals surface area contributed by atoms with Crippen LogP contribution in [-0.4, -0.2) is 20.1 Å². The SMILES string of the molecule is O=C(NCc1ccccc1)c1ccc2c(c1)S(=O)(=O)c1ccccc1C2=O. The summed E-state index contributed by atoms with van der Waals surface area (Å²) in [5, 5.41) is 2.76. The second-order valence-corrected chi connectivity index (χ2v) is 8.09. The van der Waals surface area contributed by atoms with Crippen LogP contribution < -0.4 is 5.32 Å². The molecule has 5 nitrogen and oxygen atoms in total. The molecule has 1 aliphatic rings. The summed E-state index contributed by atoms with van der Waals surface area (Å²) in [4.78, 5) is 24.9. The second-order valence-electron chi connectivity index (χ2n) is 6.21. The molecule has 0 bridgehead atoms. The minimum absolute atomic E-state index is 0.0238. The number of ketones is 1. The summed E-state index contributed by atoms with van der Waals surface area (Å²) in [6, 6.07) is 19.7. The summed E-state index contributed by atoms with van der Waals surface area (Å²) >= 11 is 0. The Hall–Kier alpha value is -3.25. The number of amides is 1. The standard InChI is InChI=1S/C21H15NO4S/c23-20-16-8-4-5-9-18(16)27(25,26)19-12-15(10-11-17(19)20)21(24)22-13-14-6-2-1-3-7-14/h1-12H,13H2,(H,22,24). The van der Waals surface area contributed by atoms with Gasteiger partial charge in [0.05, 0.1) is 9.79 Å². The third kappa shape index (κ3) is 2.94. The number of fused-ring (bicyclic) bond motifs is 2. The molecule has 134 valence electrons. The molecule has 1 heterocycles. The van der Waals surface area contributed by atoms with E-state index in [0.717, 1.165) is 5.56 Å². The zero-order chi connectivity index (χ0) is 19.0. The van der Waals surface area contributed by atoms with Crippen molar-refractivity contribution >= 4 is 21.5 Å². The molecule has 0 aliphatic carbocycles. The second kappa shape index (κ2) is 6.48. The molecule has 0 fully saturated rings. The van der Waals surface area contributed by atoms with E-state index in [9.17, 15) is 18.0 Å². The van der Waals surface area contributed by atoms with Gasteiger partial charge in [0.25, 0.3) is 5.91 Å². The van der Waals surface area contributed by atoms with Crippen LogP contribution in [0.15, 0.2) is 82.6 Å². The lowest BCUT2D eigenvalue weighted by atomic mass is 10.0. The van der Waals surface area contributed by atoms with E-state index in [1.54, 1.807) is 12.1 Å². The first-order valence-corrected chi connectivity index (χ1v) is 9.82. The van der Waals surface area contributed by atoms with Gasteiger partial charge in [-0.1, -0.05) is 42.5 Å². The van der Waals surface area contributed by atoms with Crippen LogP contribution in [0.1, 0.15) is 31.8 Å². The fraction of sp³-hybridized carbons (Fsp3) is 0.0476. The molecule has 27 heavy (non-hydrogen) atoms. The lowest BCUT2D eigenvalue weighted by Gasteiger charge is -2.19. The van der Waals surface area contributed by atoms with Gasteiger partial charge in [-0.2, -0.15) is 0 Å². The van der Waals surface area contributed by atoms with Crippen LogP contribution in [-0.2, 0) is 16.4 Å². The first-order chi connectivity index (χ1) is 13.0. The highest BCUT2D eigenvalue weighted by Crippen LogP contribution is 2.34. The average Bonchev–Trinajstić information content (AvgIpc) is 2.71. The van der Waals surface area contributed by atoms with Gasteiger partial charge in [-0.3, -0.25) is 9.59 Å². The normalized spacial score (nSPS) is 14.1. The number of hydrogen-bond donors (Lipinski definition) is 1. The maximum absolute atomic E-state index is 12.9. The predicted molar refractivity (Wildman–Crippen MR) is 99.4 cm³/mol. The molecule has 0 spiro atoms. The number of hydrogen-bond acceptors (Lipinski definition) is 4. The third-order valence-corrected chi connectivity index (χ3v) is 6.35. The topological polar surface area (TPSA) is 80.3 Å². The Morgan fingerprint density at radius 1 is 0.815 bits per heavy atom. The molecule has 6 heteroatoms. The van der Waals surface area contributed by atoms with Crippen molar-refractivity contribution in [3.63, 3.8) is 0 Å². The number of carbonyl (C=O) groups excluding carboxylic acids is 2. The van der Waals surface area contributed by atoms with Crippen molar-refractivity contribution in [3.8, 4) is 0 Å². The quantitative estimate of drug-likeness (QED) is 0.595. The monoisotopic (exact) mass is 377 g/mol. The molecule has 1 aliphatic heterocycles. The van der Waals surface area contributed by atoms with E-state index in [2.05, 4.69) is 5.32 Å². The van der Waals surface area contributed by atoms with Gasteiger partial charge in [0.1, 0.15) is 0 Å². The van der Waals surface area contributed by atoms with Crippen LogP contribution >= 0.6 is 0 Å². The molecule has 4 rings (SSSR count). The van der Waals surface area contributed by atoms with Gasteiger partial charge in [-0.25, -0.2) is 8.42 Å². The zero-order valence-electron chi connectivity index (χ0n) is 14.2. The Labute approximate surface area is 156 Å². The third-order valence-electron chi connectivity index (χ3n) is 4.50. The lowest BCUT2D eigenvalue weighted by molar-refractivity contribution is 0.0948. The molecule has 1 amide bonds. The van der Waals surface area contributed by atoms with Gasteiger partial charge in [0, 0.05) is 23.2 Å². The van der Waals surface area contributed by atoms with Gasteiger partial charge >= 0.3 is 0 Å². The molecule has 3 aromatic rings. The van der Waals surface area contributed by atoms with Gasteiger partial charge in [-0.15, -0.1) is 0 Å². The summed E-state index contributed by atoms with van der Waals surface area (Å²) in [5.41, 5.74) is 1.38. The summed E-state index contributed by atoms with van der Waals surface area (Å²) in [6.07, 6.45) is 0. The summed E-state index contributed by atoms with van der Waals surface area (Å²) < 4.78 is 25.8. The summed E-state index contributed by atoms with van der Waals surface area (Å²) in [5.74, 6) is -0.755. The Kier molecular flexibility index (Phi) is 4.12. The first-order valence-electron chi connectivity index (χ1n) is 8.33. The van der Waals surface area contributed by atoms with Crippen LogP contribution in [0.25, 0.3) is 0 Å². The molecule has 3 aromatic carbocycles. The highest BCUT2D eigenvalue weighted by molar-refractivity contribution is 7.91. The van der Waals surface area contributed by atoms with Gasteiger partial charge in [0.2, 0.25) is 9.84 Å². The molecule has 0 radical (unpaired) electrons. The minimum atomic E-state index is -3.86. The highest BCUT2D eigenvalue weighted by atomic mass is 32.2. The van der Waals surface area contributed by atoms with Crippen LogP contribution in [0.5, 0.6) is 0 Å². The van der Waals surface area contributed by atoms with Gasteiger partial charge < -0.3 is 5.32 Å². The maximum Gasteiger partial charge on any atom is 0.251 e. The van der Waals surface area contributed by atoms with Crippen LogP contribution in [0.2, 0.25) is 0 Å². The van der Waals surface area contributed by atoms with E-state index in [1.807, 2.05) is 30.3 Å². The largest absolute Gasteiger partial charge is 0.348 e. The Balaban J connectivity index is 1.68. The zero-order valence-corrected chi connectivity index (χ0v) is 15.0. The van der Waals surface area contributed by atoms with E-state index in [4.69, 9.17) is 0 Å². The Morgan fingerprint density at radius 3 is 2.26 bits per heavy atom. The molecular weight excluding hydrogens is 362 g/mol. The van der Waals surface area contributed by atoms with Crippen molar-refractivity contribution < 1.29 is 18.0 Å². The number of benzene rings is 3. The van der Waals surface area contributed by atoms with Crippen LogP contribution in [0.4, 0.5) is 0 Å². The molecule has 0 saturated carbocycles. The van der Waals surface area contributed by atoms with Gasteiger partial charge in [-0.05, 0) is 35.9 Å². The van der Waals surface area contributed by atoms with E-state index in [1.165, 1.54) is 30.3 Å². The van der Waals surface area contributed by atoms with E-state index in [-0.39, 0.29) is 32.3 Å². The highest BCUT2D eigenvalue weighted by Gasteiger charge is 2.34. The predicted octanol–water partition coefficient (Wildman–Crippen LogP) is 2.99. The number of carbonyl (C=O) groups is 2. The molecule has 0 unspecified atom stereocenters. The fourth-order valence-electron chi connectivity index (χ4n) is 3.11. The molecule has 1 N–H and O–H groups in total. The Bertz CT molecular complexity index is 1170. The Morgan fingerprint density at radius 2 is 1.48 bits per heavy atom. The van der Waals surface area contributed by atoms with Crippen LogP contribution in [0, 0.1) is 0 Å².